The quantitative estimate of drug-likeness (QED) is 0.315. The number of benzene rings is 1. The molecule has 1 nitrogen and oxygen atoms in total. The molecule has 0 amide bonds. The van der Waals surface area contributed by atoms with E-state index in [1.807, 2.05) is 0 Å². The number of hydrogen-bond donors (Lipinski definition) is 0. The van der Waals surface area contributed by atoms with Crippen LogP contribution in [0.4, 0.5) is 0 Å². The average molecular weight is 373 g/mol. The third kappa shape index (κ3) is 7.88. The van der Waals surface area contributed by atoms with Crippen LogP contribution in [-0.4, -0.2) is 6.61 Å². The molecule has 0 bridgehead atoms. The number of hydrogen-bond acceptors (Lipinski definition) is 1. The van der Waals surface area contributed by atoms with Gasteiger partial charge in [-0.15, -0.1) is 0 Å². The first kappa shape index (κ1) is 22.3. The standard InChI is InChI=1S/C26H44O/c1-4-7-9-11-13-23-16-19-26(27-20-6-3)25(21-23)24-17-14-22(15-18-24)12-10-8-5-2/h16,19,21-22,24H,4-15,17-18,20H2,1-3H3. The van der Waals surface area contributed by atoms with Crippen LogP contribution >= 0.6 is 0 Å². The highest BCUT2D eigenvalue weighted by Gasteiger charge is 2.24. The Kier molecular flexibility index (Phi) is 10.9. The van der Waals surface area contributed by atoms with Gasteiger partial charge in [0.25, 0.3) is 0 Å². The molecule has 0 saturated heterocycles. The molecule has 1 aliphatic carbocycles. The second-order valence-corrected chi connectivity index (χ2v) is 8.74. The predicted octanol–water partition coefficient (Wildman–Crippen LogP) is 8.45. The SMILES string of the molecule is CCCCCCc1ccc(OCCC)c(C2CCC(CCCCC)CC2)c1. The van der Waals surface area contributed by atoms with Gasteiger partial charge in [-0.3, -0.25) is 0 Å². The van der Waals surface area contributed by atoms with Gasteiger partial charge in [-0.25, -0.2) is 0 Å². The summed E-state index contributed by atoms with van der Waals surface area (Å²) in [6.45, 7) is 7.64. The summed E-state index contributed by atoms with van der Waals surface area (Å²) in [7, 11) is 0. The van der Waals surface area contributed by atoms with Crippen LogP contribution in [0.25, 0.3) is 0 Å². The topological polar surface area (TPSA) is 9.23 Å². The molecule has 1 heteroatoms. The largest absolute Gasteiger partial charge is 0.493 e. The summed E-state index contributed by atoms with van der Waals surface area (Å²) >= 11 is 0. The van der Waals surface area contributed by atoms with Gasteiger partial charge in [-0.05, 0) is 74.0 Å². The molecule has 0 aliphatic heterocycles. The lowest BCUT2D eigenvalue weighted by Crippen LogP contribution is -2.14. The van der Waals surface area contributed by atoms with Gasteiger partial charge in [0.1, 0.15) is 5.75 Å². The summed E-state index contributed by atoms with van der Waals surface area (Å²) in [5, 5.41) is 0. The van der Waals surface area contributed by atoms with E-state index in [4.69, 9.17) is 4.74 Å². The fraction of sp³-hybridized carbons (Fsp3) is 0.769. The summed E-state index contributed by atoms with van der Waals surface area (Å²) in [5.41, 5.74) is 3.04. The van der Waals surface area contributed by atoms with Gasteiger partial charge in [-0.1, -0.05) is 77.8 Å². The van der Waals surface area contributed by atoms with Crippen molar-refractivity contribution in [1.82, 2.24) is 0 Å². The maximum atomic E-state index is 6.14. The normalized spacial score (nSPS) is 20.0. The van der Waals surface area contributed by atoms with Crippen molar-refractivity contribution < 1.29 is 4.74 Å². The Bertz CT molecular complexity index is 499. The van der Waals surface area contributed by atoms with Crippen LogP contribution in [0.1, 0.15) is 121 Å². The molecule has 0 atom stereocenters. The lowest BCUT2D eigenvalue weighted by Gasteiger charge is -2.30. The van der Waals surface area contributed by atoms with Crippen molar-refractivity contribution >= 4 is 0 Å². The van der Waals surface area contributed by atoms with E-state index in [0.29, 0.717) is 0 Å². The Balaban J connectivity index is 1.97. The fourth-order valence-electron chi connectivity index (χ4n) is 4.62. The molecular weight excluding hydrogens is 328 g/mol. The molecule has 0 aromatic heterocycles. The van der Waals surface area contributed by atoms with Gasteiger partial charge in [0.2, 0.25) is 0 Å². The van der Waals surface area contributed by atoms with Crippen LogP contribution in [-0.2, 0) is 6.42 Å². The molecule has 27 heavy (non-hydrogen) atoms. The minimum absolute atomic E-state index is 0.717. The molecule has 1 aromatic rings. The third-order valence-electron chi connectivity index (χ3n) is 6.36. The molecular formula is C26H44O. The van der Waals surface area contributed by atoms with Crippen molar-refractivity contribution in [3.8, 4) is 5.75 Å². The van der Waals surface area contributed by atoms with Gasteiger partial charge in [0.15, 0.2) is 0 Å². The zero-order valence-electron chi connectivity index (χ0n) is 18.4. The molecule has 0 spiro atoms. The number of rotatable bonds is 13. The van der Waals surface area contributed by atoms with Gasteiger partial charge in [-0.2, -0.15) is 0 Å². The number of ether oxygens (including phenoxy) is 1. The van der Waals surface area contributed by atoms with Crippen LogP contribution in [0, 0.1) is 5.92 Å². The van der Waals surface area contributed by atoms with Gasteiger partial charge >= 0.3 is 0 Å². The molecule has 154 valence electrons. The summed E-state index contributed by atoms with van der Waals surface area (Å²) in [4.78, 5) is 0. The van der Waals surface area contributed by atoms with E-state index >= 15 is 0 Å². The Hall–Kier alpha value is -0.980. The molecule has 0 N–H and O–H groups in total. The van der Waals surface area contributed by atoms with E-state index in [-0.39, 0.29) is 0 Å². The van der Waals surface area contributed by atoms with E-state index in [1.54, 1.807) is 0 Å². The third-order valence-corrected chi connectivity index (χ3v) is 6.36. The molecule has 1 aromatic carbocycles. The summed E-state index contributed by atoms with van der Waals surface area (Å²) in [6, 6.07) is 7.09. The van der Waals surface area contributed by atoms with Crippen LogP contribution in [0.15, 0.2) is 18.2 Å². The van der Waals surface area contributed by atoms with Crippen LogP contribution in [0.3, 0.4) is 0 Å². The number of aryl methyl sites for hydroxylation is 1. The zero-order valence-corrected chi connectivity index (χ0v) is 18.4. The monoisotopic (exact) mass is 372 g/mol. The maximum Gasteiger partial charge on any atom is 0.122 e. The Labute approximate surface area is 169 Å². The predicted molar refractivity (Wildman–Crippen MR) is 119 cm³/mol. The first-order chi connectivity index (χ1) is 13.3. The van der Waals surface area contributed by atoms with Crippen molar-refractivity contribution in [2.24, 2.45) is 5.92 Å². The molecule has 0 radical (unpaired) electrons. The highest BCUT2D eigenvalue weighted by molar-refractivity contribution is 5.40. The first-order valence-corrected chi connectivity index (χ1v) is 12.0. The van der Waals surface area contributed by atoms with Gasteiger partial charge < -0.3 is 4.74 Å². The minimum atomic E-state index is 0.717. The lowest BCUT2D eigenvalue weighted by atomic mass is 9.76. The summed E-state index contributed by atoms with van der Waals surface area (Å²) < 4.78 is 6.14. The van der Waals surface area contributed by atoms with Crippen molar-refractivity contribution in [3.05, 3.63) is 29.3 Å². The van der Waals surface area contributed by atoms with Gasteiger partial charge in [0, 0.05) is 0 Å². The molecule has 2 rings (SSSR count). The highest BCUT2D eigenvalue weighted by Crippen LogP contribution is 2.41. The van der Waals surface area contributed by atoms with E-state index < -0.39 is 0 Å². The first-order valence-electron chi connectivity index (χ1n) is 12.0. The summed E-state index contributed by atoms with van der Waals surface area (Å²) in [6.07, 6.45) is 18.9. The summed E-state index contributed by atoms with van der Waals surface area (Å²) in [5.74, 6) is 2.86. The zero-order chi connectivity index (χ0) is 19.3. The Morgan fingerprint density at radius 3 is 2.26 bits per heavy atom. The van der Waals surface area contributed by atoms with Gasteiger partial charge in [0.05, 0.1) is 6.61 Å². The lowest BCUT2D eigenvalue weighted by molar-refractivity contribution is 0.284. The maximum absolute atomic E-state index is 6.14. The molecule has 1 fully saturated rings. The van der Waals surface area contributed by atoms with E-state index in [1.165, 1.54) is 100 Å². The number of unbranched alkanes of at least 4 members (excludes halogenated alkanes) is 5. The molecule has 1 saturated carbocycles. The Morgan fingerprint density at radius 2 is 1.56 bits per heavy atom. The molecule has 0 unspecified atom stereocenters. The van der Waals surface area contributed by atoms with E-state index in [0.717, 1.165) is 24.9 Å². The second-order valence-electron chi connectivity index (χ2n) is 8.74. The van der Waals surface area contributed by atoms with Crippen molar-refractivity contribution in [2.75, 3.05) is 6.61 Å². The smallest absolute Gasteiger partial charge is 0.122 e. The fourth-order valence-corrected chi connectivity index (χ4v) is 4.62. The van der Waals surface area contributed by atoms with E-state index in [2.05, 4.69) is 39.0 Å². The highest BCUT2D eigenvalue weighted by atomic mass is 16.5. The van der Waals surface area contributed by atoms with Crippen molar-refractivity contribution in [2.45, 2.75) is 117 Å². The van der Waals surface area contributed by atoms with Crippen LogP contribution in [0.2, 0.25) is 0 Å². The molecule has 1 aliphatic rings. The molecule has 0 heterocycles. The Morgan fingerprint density at radius 1 is 0.815 bits per heavy atom. The van der Waals surface area contributed by atoms with Crippen LogP contribution in [0.5, 0.6) is 5.75 Å². The average Bonchev–Trinajstić information content (AvgIpc) is 2.71. The van der Waals surface area contributed by atoms with Crippen molar-refractivity contribution in [3.63, 3.8) is 0 Å². The van der Waals surface area contributed by atoms with Crippen LogP contribution < -0.4 is 4.74 Å². The minimum Gasteiger partial charge on any atom is -0.493 e. The van der Waals surface area contributed by atoms with Crippen molar-refractivity contribution in [1.29, 1.82) is 0 Å². The second kappa shape index (κ2) is 13.2. The van der Waals surface area contributed by atoms with E-state index in [9.17, 15) is 0 Å².